The highest BCUT2D eigenvalue weighted by atomic mass is 16.3. The molecule has 1 amide bonds. The molecule has 0 saturated heterocycles. The van der Waals surface area contributed by atoms with Crippen molar-refractivity contribution in [1.82, 2.24) is 15.1 Å². The number of benzene rings is 1. The average Bonchev–Trinajstić information content (AvgIpc) is 3.21. The number of carbonyl (C=O) groups is 1. The van der Waals surface area contributed by atoms with Crippen LogP contribution in [0.25, 0.3) is 5.69 Å². The summed E-state index contributed by atoms with van der Waals surface area (Å²) >= 11 is 0. The molecule has 0 bridgehead atoms. The first-order valence-electron chi connectivity index (χ1n) is 8.50. The zero-order valence-electron chi connectivity index (χ0n) is 15.0. The van der Waals surface area contributed by atoms with Crippen molar-refractivity contribution >= 4 is 5.91 Å². The van der Waals surface area contributed by atoms with Crippen LogP contribution in [0.3, 0.4) is 0 Å². The van der Waals surface area contributed by atoms with Crippen LogP contribution in [-0.2, 0) is 6.42 Å². The Labute approximate surface area is 147 Å². The Hall–Kier alpha value is -2.82. The van der Waals surface area contributed by atoms with E-state index in [1.165, 1.54) is 5.56 Å². The fourth-order valence-electron chi connectivity index (χ4n) is 2.84. The molecule has 3 rings (SSSR count). The van der Waals surface area contributed by atoms with Crippen LogP contribution in [-0.4, -0.2) is 15.7 Å². The van der Waals surface area contributed by atoms with E-state index in [0.29, 0.717) is 12.0 Å². The third kappa shape index (κ3) is 3.50. The monoisotopic (exact) mass is 337 g/mol. The molecule has 0 aliphatic carbocycles. The highest BCUT2D eigenvalue weighted by Gasteiger charge is 2.20. The standard InChI is InChI=1S/C20H23N3O2/c1-5-18-17(12-21-23(18)16-9-6-13(2)7-10-16)20(24)22-15(4)19-11-8-14(3)25-19/h6-12,15H,5H2,1-4H3,(H,22,24). The minimum atomic E-state index is -0.200. The van der Waals surface area contributed by atoms with Crippen LogP contribution in [0, 0.1) is 13.8 Å². The molecule has 1 N–H and O–H groups in total. The van der Waals surface area contributed by atoms with Crippen molar-refractivity contribution in [3.63, 3.8) is 0 Å². The first-order chi connectivity index (χ1) is 12.0. The molecule has 0 spiro atoms. The van der Waals surface area contributed by atoms with Gasteiger partial charge in [-0.15, -0.1) is 0 Å². The lowest BCUT2D eigenvalue weighted by atomic mass is 10.1. The zero-order valence-corrected chi connectivity index (χ0v) is 15.0. The van der Waals surface area contributed by atoms with Crippen LogP contribution in [0.5, 0.6) is 0 Å². The molecule has 1 atom stereocenters. The molecule has 0 aliphatic heterocycles. The number of aromatic nitrogens is 2. The second kappa shape index (κ2) is 6.97. The quantitative estimate of drug-likeness (QED) is 0.761. The maximum Gasteiger partial charge on any atom is 0.255 e. The molecule has 0 radical (unpaired) electrons. The summed E-state index contributed by atoms with van der Waals surface area (Å²) in [6.07, 6.45) is 2.35. The van der Waals surface area contributed by atoms with E-state index in [1.807, 2.05) is 68.8 Å². The zero-order chi connectivity index (χ0) is 18.0. The van der Waals surface area contributed by atoms with Crippen molar-refractivity contribution in [3.8, 4) is 5.69 Å². The van der Waals surface area contributed by atoms with Crippen LogP contribution in [0.15, 0.2) is 47.0 Å². The molecule has 2 heterocycles. The van der Waals surface area contributed by atoms with Gasteiger partial charge in [0.25, 0.3) is 5.91 Å². The minimum absolute atomic E-state index is 0.142. The molecule has 3 aromatic rings. The second-order valence-corrected chi connectivity index (χ2v) is 6.25. The molecule has 0 fully saturated rings. The van der Waals surface area contributed by atoms with Crippen LogP contribution >= 0.6 is 0 Å². The Morgan fingerprint density at radius 2 is 1.92 bits per heavy atom. The molecule has 25 heavy (non-hydrogen) atoms. The van der Waals surface area contributed by atoms with Crippen molar-refractivity contribution < 1.29 is 9.21 Å². The molecule has 1 aromatic carbocycles. The molecule has 130 valence electrons. The van der Waals surface area contributed by atoms with Gasteiger partial charge in [-0.2, -0.15) is 5.10 Å². The lowest BCUT2D eigenvalue weighted by Gasteiger charge is -2.12. The summed E-state index contributed by atoms with van der Waals surface area (Å²) in [7, 11) is 0. The second-order valence-electron chi connectivity index (χ2n) is 6.25. The highest BCUT2D eigenvalue weighted by Crippen LogP contribution is 2.19. The van der Waals surface area contributed by atoms with Gasteiger partial charge in [-0.3, -0.25) is 4.79 Å². The van der Waals surface area contributed by atoms with Crippen molar-refractivity contribution in [2.24, 2.45) is 0 Å². The predicted molar refractivity (Wildman–Crippen MR) is 97.0 cm³/mol. The Bertz CT molecular complexity index is 875. The number of rotatable bonds is 5. The fourth-order valence-corrected chi connectivity index (χ4v) is 2.84. The summed E-state index contributed by atoms with van der Waals surface area (Å²) in [5, 5.41) is 7.41. The summed E-state index contributed by atoms with van der Waals surface area (Å²) in [4.78, 5) is 12.7. The Kier molecular flexibility index (Phi) is 4.74. The van der Waals surface area contributed by atoms with Crippen LogP contribution in [0.1, 0.15) is 53.0 Å². The van der Waals surface area contributed by atoms with Gasteiger partial charge < -0.3 is 9.73 Å². The Morgan fingerprint density at radius 1 is 1.20 bits per heavy atom. The van der Waals surface area contributed by atoms with E-state index in [4.69, 9.17) is 4.42 Å². The smallest absolute Gasteiger partial charge is 0.255 e. The third-order valence-corrected chi connectivity index (χ3v) is 4.26. The van der Waals surface area contributed by atoms with Crippen LogP contribution in [0.2, 0.25) is 0 Å². The van der Waals surface area contributed by atoms with E-state index in [1.54, 1.807) is 6.20 Å². The minimum Gasteiger partial charge on any atom is -0.464 e. The van der Waals surface area contributed by atoms with Crippen molar-refractivity contribution in [3.05, 3.63) is 70.9 Å². The van der Waals surface area contributed by atoms with Gasteiger partial charge in [-0.25, -0.2) is 4.68 Å². The number of carbonyl (C=O) groups excluding carboxylic acids is 1. The van der Waals surface area contributed by atoms with Gasteiger partial charge >= 0.3 is 0 Å². The normalized spacial score (nSPS) is 12.2. The summed E-state index contributed by atoms with van der Waals surface area (Å²) in [5.74, 6) is 1.43. The maximum absolute atomic E-state index is 12.7. The van der Waals surface area contributed by atoms with Gasteiger partial charge in [0.1, 0.15) is 11.5 Å². The van der Waals surface area contributed by atoms with E-state index in [-0.39, 0.29) is 11.9 Å². The van der Waals surface area contributed by atoms with Crippen LogP contribution in [0.4, 0.5) is 0 Å². The highest BCUT2D eigenvalue weighted by molar-refractivity contribution is 5.95. The summed E-state index contributed by atoms with van der Waals surface area (Å²) < 4.78 is 7.42. The van der Waals surface area contributed by atoms with Crippen LogP contribution < -0.4 is 5.32 Å². The number of hydrogen-bond acceptors (Lipinski definition) is 3. The molecule has 1 unspecified atom stereocenters. The first-order valence-corrected chi connectivity index (χ1v) is 8.50. The average molecular weight is 337 g/mol. The largest absolute Gasteiger partial charge is 0.464 e. The van der Waals surface area contributed by atoms with E-state index < -0.39 is 0 Å². The van der Waals surface area contributed by atoms with Crippen molar-refractivity contribution in [2.75, 3.05) is 0 Å². The number of nitrogens with one attached hydrogen (secondary N) is 1. The van der Waals surface area contributed by atoms with E-state index >= 15 is 0 Å². The Morgan fingerprint density at radius 3 is 2.52 bits per heavy atom. The van der Waals surface area contributed by atoms with E-state index in [9.17, 15) is 4.79 Å². The number of amides is 1. The molecule has 5 nitrogen and oxygen atoms in total. The summed E-state index contributed by atoms with van der Waals surface area (Å²) in [5.41, 5.74) is 3.63. The van der Waals surface area contributed by atoms with Gasteiger partial charge in [0, 0.05) is 0 Å². The van der Waals surface area contributed by atoms with Crippen molar-refractivity contribution in [1.29, 1.82) is 0 Å². The number of aryl methyl sites for hydroxylation is 2. The molecule has 0 saturated carbocycles. The summed E-state index contributed by atoms with van der Waals surface area (Å²) in [6, 6.07) is 11.7. The van der Waals surface area contributed by atoms with Gasteiger partial charge in [-0.1, -0.05) is 24.6 Å². The van der Waals surface area contributed by atoms with Gasteiger partial charge in [0.15, 0.2) is 0 Å². The maximum atomic E-state index is 12.7. The van der Waals surface area contributed by atoms with E-state index in [2.05, 4.69) is 10.4 Å². The molecule has 2 aromatic heterocycles. The third-order valence-electron chi connectivity index (χ3n) is 4.26. The lowest BCUT2D eigenvalue weighted by molar-refractivity contribution is 0.0934. The molecule has 5 heteroatoms. The van der Waals surface area contributed by atoms with E-state index in [0.717, 1.165) is 22.9 Å². The van der Waals surface area contributed by atoms with Gasteiger partial charge in [0.2, 0.25) is 0 Å². The molecular weight excluding hydrogens is 314 g/mol. The first kappa shape index (κ1) is 17.0. The van der Waals surface area contributed by atoms with Crippen molar-refractivity contribution in [2.45, 2.75) is 40.2 Å². The number of nitrogens with zero attached hydrogens (tertiary/aromatic N) is 2. The molecular formula is C20H23N3O2. The lowest BCUT2D eigenvalue weighted by Crippen LogP contribution is -2.27. The number of furan rings is 1. The SMILES string of the molecule is CCc1c(C(=O)NC(C)c2ccc(C)o2)cnn1-c1ccc(C)cc1. The molecule has 0 aliphatic rings. The van der Waals surface area contributed by atoms with Gasteiger partial charge in [0.05, 0.1) is 29.2 Å². The number of hydrogen-bond donors (Lipinski definition) is 1. The topological polar surface area (TPSA) is 60.1 Å². The summed E-state index contributed by atoms with van der Waals surface area (Å²) in [6.45, 7) is 7.87. The fraction of sp³-hybridized carbons (Fsp3) is 0.300. The van der Waals surface area contributed by atoms with Gasteiger partial charge in [-0.05, 0) is 51.5 Å². The Balaban J connectivity index is 1.84. The predicted octanol–water partition coefficient (Wildman–Crippen LogP) is 4.14.